The normalized spacial score (nSPS) is 15.2. The molecule has 1 aliphatic rings. The van der Waals surface area contributed by atoms with Gasteiger partial charge in [0, 0.05) is 48.6 Å². The van der Waals surface area contributed by atoms with Gasteiger partial charge in [-0.3, -0.25) is 19.8 Å². The number of rotatable bonds is 5. The summed E-state index contributed by atoms with van der Waals surface area (Å²) in [4.78, 5) is 29.6. The van der Waals surface area contributed by atoms with Gasteiger partial charge in [0.1, 0.15) is 5.56 Å². The highest BCUT2D eigenvalue weighted by Crippen LogP contribution is 2.27. The Morgan fingerprint density at radius 2 is 2.00 bits per heavy atom. The first-order valence-electron chi connectivity index (χ1n) is 8.06. The van der Waals surface area contributed by atoms with Crippen molar-refractivity contribution in [1.29, 1.82) is 0 Å². The van der Waals surface area contributed by atoms with E-state index in [1.54, 1.807) is 28.4 Å². The number of benzene rings is 1. The Morgan fingerprint density at radius 1 is 1.27 bits per heavy atom. The van der Waals surface area contributed by atoms with Gasteiger partial charge in [-0.2, -0.15) is 0 Å². The first kappa shape index (κ1) is 19.2. The summed E-state index contributed by atoms with van der Waals surface area (Å²) in [5.41, 5.74) is 0.0313. The van der Waals surface area contributed by atoms with Crippen LogP contribution in [0.25, 0.3) is 0 Å². The van der Waals surface area contributed by atoms with Crippen molar-refractivity contribution >= 4 is 46.3 Å². The van der Waals surface area contributed by atoms with Crippen molar-refractivity contribution in [2.45, 2.75) is 11.4 Å². The molecule has 0 radical (unpaired) electrons. The van der Waals surface area contributed by atoms with E-state index in [9.17, 15) is 14.9 Å². The molecule has 9 heteroatoms. The number of hydrogen-bond donors (Lipinski definition) is 0. The van der Waals surface area contributed by atoms with E-state index in [0.717, 1.165) is 28.9 Å². The Balaban J connectivity index is 1.67. The highest BCUT2D eigenvalue weighted by Gasteiger charge is 2.28. The molecule has 3 rings (SSSR count). The van der Waals surface area contributed by atoms with Gasteiger partial charge in [0.15, 0.2) is 0 Å². The number of nitro groups is 1. The quantitative estimate of drug-likeness (QED) is 0.422. The highest BCUT2D eigenvalue weighted by molar-refractivity contribution is 7.98. The smallest absolute Gasteiger partial charge is 0.282 e. The molecule has 6 nitrogen and oxygen atoms in total. The predicted octanol–water partition coefficient (Wildman–Crippen LogP) is 3.99. The second-order valence-electron chi connectivity index (χ2n) is 5.91. The molecule has 1 amide bonds. The predicted molar refractivity (Wildman–Crippen MR) is 105 cm³/mol. The number of carbonyl (C=O) groups excluding carboxylic acids is 1. The number of piperazine rings is 1. The monoisotopic (exact) mass is 411 g/mol. The van der Waals surface area contributed by atoms with E-state index in [-0.39, 0.29) is 17.2 Å². The maximum absolute atomic E-state index is 12.8. The Bertz CT molecular complexity index is 819. The molecule has 0 atom stereocenters. The number of carbonyl (C=O) groups is 1. The zero-order chi connectivity index (χ0) is 18.7. The lowest BCUT2D eigenvalue weighted by Gasteiger charge is -2.34. The highest BCUT2D eigenvalue weighted by atomic mass is 35.5. The number of thioether (sulfide) groups is 1. The minimum absolute atomic E-state index is 0.136. The molecule has 1 fully saturated rings. The van der Waals surface area contributed by atoms with Crippen molar-refractivity contribution in [3.8, 4) is 0 Å². The average molecular weight is 412 g/mol. The summed E-state index contributed by atoms with van der Waals surface area (Å²) in [5.74, 6) is -0.272. The van der Waals surface area contributed by atoms with E-state index < -0.39 is 4.92 Å². The van der Waals surface area contributed by atoms with Gasteiger partial charge in [-0.25, -0.2) is 0 Å². The average Bonchev–Trinajstić information content (AvgIpc) is 3.05. The fraction of sp³-hybridized carbons (Fsp3) is 0.353. The van der Waals surface area contributed by atoms with Crippen LogP contribution in [0.3, 0.4) is 0 Å². The molecule has 0 bridgehead atoms. The van der Waals surface area contributed by atoms with E-state index in [0.29, 0.717) is 13.1 Å². The summed E-state index contributed by atoms with van der Waals surface area (Å²) in [6.07, 6.45) is 1.88. The molecule has 0 spiro atoms. The topological polar surface area (TPSA) is 66.7 Å². The van der Waals surface area contributed by atoms with Crippen LogP contribution < -0.4 is 0 Å². The van der Waals surface area contributed by atoms with Crippen molar-refractivity contribution in [3.63, 3.8) is 0 Å². The molecule has 0 aliphatic carbocycles. The second kappa shape index (κ2) is 8.39. The van der Waals surface area contributed by atoms with E-state index in [2.05, 4.69) is 4.90 Å². The van der Waals surface area contributed by atoms with Crippen molar-refractivity contribution in [2.75, 3.05) is 32.4 Å². The van der Waals surface area contributed by atoms with Gasteiger partial charge in [0.05, 0.1) is 9.26 Å². The van der Waals surface area contributed by atoms with Gasteiger partial charge < -0.3 is 4.90 Å². The molecular weight excluding hydrogens is 394 g/mol. The van der Waals surface area contributed by atoms with Crippen LogP contribution in [0.5, 0.6) is 0 Å². The van der Waals surface area contributed by atoms with Crippen molar-refractivity contribution in [3.05, 3.63) is 55.2 Å². The summed E-state index contributed by atoms with van der Waals surface area (Å²) >= 11 is 8.99. The first-order valence-corrected chi connectivity index (χ1v) is 10.5. The minimum Gasteiger partial charge on any atom is -0.336 e. The molecule has 1 saturated heterocycles. The lowest BCUT2D eigenvalue weighted by molar-refractivity contribution is -0.385. The van der Waals surface area contributed by atoms with Gasteiger partial charge in [0.25, 0.3) is 11.6 Å². The zero-order valence-electron chi connectivity index (χ0n) is 14.2. The van der Waals surface area contributed by atoms with E-state index in [4.69, 9.17) is 11.6 Å². The second-order valence-corrected chi connectivity index (χ2v) is 8.59. The van der Waals surface area contributed by atoms with Gasteiger partial charge >= 0.3 is 0 Å². The van der Waals surface area contributed by atoms with Crippen LogP contribution in [-0.4, -0.2) is 53.1 Å². The Morgan fingerprint density at radius 3 is 2.58 bits per heavy atom. The molecule has 26 heavy (non-hydrogen) atoms. The van der Waals surface area contributed by atoms with E-state index in [1.807, 2.05) is 18.4 Å². The number of hydrogen-bond acceptors (Lipinski definition) is 6. The zero-order valence-corrected chi connectivity index (χ0v) is 16.6. The van der Waals surface area contributed by atoms with Crippen LogP contribution in [0.15, 0.2) is 35.2 Å². The molecule has 2 heterocycles. The maximum Gasteiger partial charge on any atom is 0.282 e. The molecule has 1 aromatic carbocycles. The lowest BCUT2D eigenvalue weighted by Crippen LogP contribution is -2.48. The molecule has 1 aromatic heterocycles. The summed E-state index contributed by atoms with van der Waals surface area (Å²) in [6.45, 7) is 3.38. The van der Waals surface area contributed by atoms with Crippen LogP contribution in [0.1, 0.15) is 15.2 Å². The summed E-state index contributed by atoms with van der Waals surface area (Å²) in [5, 5.41) is 11.3. The fourth-order valence-electron chi connectivity index (χ4n) is 2.91. The van der Waals surface area contributed by atoms with E-state index in [1.165, 1.54) is 22.7 Å². The Labute approximate surface area is 164 Å². The number of halogens is 1. The third kappa shape index (κ3) is 4.37. The van der Waals surface area contributed by atoms with Crippen molar-refractivity contribution in [1.82, 2.24) is 9.80 Å². The first-order chi connectivity index (χ1) is 12.5. The van der Waals surface area contributed by atoms with Crippen LogP contribution in [0.4, 0.5) is 5.69 Å². The maximum atomic E-state index is 12.8. The van der Waals surface area contributed by atoms with Gasteiger partial charge in [0.2, 0.25) is 0 Å². The van der Waals surface area contributed by atoms with Crippen LogP contribution in [0, 0.1) is 10.1 Å². The third-order valence-corrected chi connectivity index (χ3v) is 6.24. The number of amides is 1. The summed E-state index contributed by atoms with van der Waals surface area (Å²) in [7, 11) is 0. The molecule has 0 unspecified atom stereocenters. The number of nitrogens with zero attached hydrogens (tertiary/aromatic N) is 3. The molecule has 1 aliphatic heterocycles. The Kier molecular flexibility index (Phi) is 6.18. The molecule has 138 valence electrons. The van der Waals surface area contributed by atoms with Gasteiger partial charge in [-0.1, -0.05) is 11.6 Å². The third-order valence-electron chi connectivity index (χ3n) is 4.30. The van der Waals surface area contributed by atoms with E-state index >= 15 is 0 Å². The largest absolute Gasteiger partial charge is 0.336 e. The minimum atomic E-state index is -0.492. The summed E-state index contributed by atoms with van der Waals surface area (Å²) < 4.78 is 0.773. The lowest BCUT2D eigenvalue weighted by atomic mass is 10.1. The SMILES string of the molecule is CSc1ccc([N+](=O)[O-])c(C(=O)N2CCN(Cc3ccc(Cl)s3)CC2)c1. The standard InChI is InChI=1S/C17H18ClN3O3S2/c1-25-12-2-4-15(21(23)24)14(10-12)17(22)20-8-6-19(7-9-20)11-13-3-5-16(18)26-13/h2-5,10H,6-9,11H2,1H3. The van der Waals surface area contributed by atoms with Crippen LogP contribution in [-0.2, 0) is 6.54 Å². The molecule has 0 saturated carbocycles. The van der Waals surface area contributed by atoms with Gasteiger partial charge in [-0.05, 0) is 30.5 Å². The molecule has 2 aromatic rings. The number of thiophene rings is 1. The van der Waals surface area contributed by atoms with Gasteiger partial charge in [-0.15, -0.1) is 23.1 Å². The van der Waals surface area contributed by atoms with Crippen LogP contribution in [0.2, 0.25) is 4.34 Å². The Hall–Kier alpha value is -1.61. The molecule has 0 N–H and O–H groups in total. The van der Waals surface area contributed by atoms with Crippen LogP contribution >= 0.6 is 34.7 Å². The fourth-order valence-corrected chi connectivity index (χ4v) is 4.48. The van der Waals surface area contributed by atoms with Crippen molar-refractivity contribution < 1.29 is 9.72 Å². The molecular formula is C17H18ClN3O3S2. The summed E-state index contributed by atoms with van der Waals surface area (Å²) in [6, 6.07) is 8.60. The van der Waals surface area contributed by atoms with Crippen molar-refractivity contribution in [2.24, 2.45) is 0 Å². The number of nitro benzene ring substituents is 1.